The molecule has 0 amide bonds. The van der Waals surface area contributed by atoms with Gasteiger partial charge >= 0.3 is 5.97 Å². The van der Waals surface area contributed by atoms with Crippen LogP contribution < -0.4 is 0 Å². The van der Waals surface area contributed by atoms with Gasteiger partial charge in [0.25, 0.3) is 0 Å². The molecule has 1 aliphatic heterocycles. The molecule has 0 saturated carbocycles. The van der Waals surface area contributed by atoms with E-state index in [2.05, 4.69) is 65.9 Å². The normalized spacial score (nSPS) is 12.9. The second-order valence-corrected chi connectivity index (χ2v) is 10.1. The third-order valence-corrected chi connectivity index (χ3v) is 8.48. The summed E-state index contributed by atoms with van der Waals surface area (Å²) in [5, 5.41) is 2.42. The number of rotatable bonds is 11. The van der Waals surface area contributed by atoms with Crippen LogP contribution in [0.1, 0.15) is 51.4 Å². The van der Waals surface area contributed by atoms with E-state index in [0.29, 0.717) is 6.42 Å². The van der Waals surface area contributed by atoms with E-state index in [1.807, 2.05) is 11.8 Å². The van der Waals surface area contributed by atoms with Gasteiger partial charge in [0, 0.05) is 6.42 Å². The number of terminal acetylenes is 1. The summed E-state index contributed by atoms with van der Waals surface area (Å²) in [6.45, 7) is 0.0871. The highest BCUT2D eigenvalue weighted by Gasteiger charge is 2.33. The molecule has 0 bridgehead atoms. The number of esters is 1. The van der Waals surface area contributed by atoms with Gasteiger partial charge in [0.15, 0.2) is 16.4 Å². The molecular formula is C26H29O2S2+. The van der Waals surface area contributed by atoms with E-state index < -0.39 is 0 Å². The van der Waals surface area contributed by atoms with Crippen molar-refractivity contribution < 1.29 is 9.53 Å². The molecule has 0 fully saturated rings. The molecule has 0 saturated heterocycles. The van der Waals surface area contributed by atoms with E-state index in [-0.39, 0.29) is 23.5 Å². The summed E-state index contributed by atoms with van der Waals surface area (Å²) >= 11 is 1.88. The molecule has 30 heavy (non-hydrogen) atoms. The van der Waals surface area contributed by atoms with Crippen LogP contribution in [0.5, 0.6) is 0 Å². The monoisotopic (exact) mass is 437 g/mol. The lowest BCUT2D eigenvalue weighted by molar-refractivity contribution is -0.142. The Labute approximate surface area is 187 Å². The van der Waals surface area contributed by atoms with Crippen LogP contribution in [-0.2, 0) is 20.4 Å². The number of carbonyl (C=O) groups is 1. The quantitative estimate of drug-likeness (QED) is 0.164. The molecule has 2 aromatic carbocycles. The minimum Gasteiger partial charge on any atom is -0.452 e. The molecule has 0 aliphatic carbocycles. The Morgan fingerprint density at radius 2 is 1.53 bits per heavy atom. The summed E-state index contributed by atoms with van der Waals surface area (Å²) in [6.07, 6.45) is 15.9. The van der Waals surface area contributed by atoms with Gasteiger partial charge in [-0.1, -0.05) is 67.6 Å². The zero-order valence-electron chi connectivity index (χ0n) is 17.3. The summed E-state index contributed by atoms with van der Waals surface area (Å²) in [5.41, 5.74) is 0. The van der Waals surface area contributed by atoms with Gasteiger partial charge in [-0.2, -0.15) is 0 Å². The lowest BCUT2D eigenvalue weighted by Crippen LogP contribution is -2.07. The van der Waals surface area contributed by atoms with Crippen molar-refractivity contribution in [2.75, 3.05) is 6.61 Å². The molecule has 1 heterocycles. The highest BCUT2D eigenvalue weighted by atomic mass is 32.2. The molecule has 0 atom stereocenters. The largest absolute Gasteiger partial charge is 0.452 e. The van der Waals surface area contributed by atoms with Crippen LogP contribution in [0, 0.1) is 12.3 Å². The minimum atomic E-state index is -0.178. The Kier molecular flexibility index (Phi) is 9.47. The van der Waals surface area contributed by atoms with E-state index in [0.717, 1.165) is 19.3 Å². The highest BCUT2D eigenvalue weighted by molar-refractivity contribution is 8.05. The molecule has 1 aliphatic rings. The summed E-state index contributed by atoms with van der Waals surface area (Å²) in [4.78, 5) is 17.0. The van der Waals surface area contributed by atoms with Crippen LogP contribution in [0.25, 0.3) is 0 Å². The topological polar surface area (TPSA) is 26.3 Å². The number of carbonyl (C=O) groups excluding carboxylic acids is 1. The van der Waals surface area contributed by atoms with Gasteiger partial charge in [0.1, 0.15) is 5.41 Å². The lowest BCUT2D eigenvalue weighted by atomic mass is 10.1. The number of unbranched alkanes of at least 4 members (excludes halogenated alkanes) is 6. The predicted molar refractivity (Wildman–Crippen MR) is 127 cm³/mol. The van der Waals surface area contributed by atoms with Crippen LogP contribution in [-0.4, -0.2) is 12.6 Å². The fourth-order valence-corrected chi connectivity index (χ4v) is 6.95. The Hall–Kier alpha value is -2.09. The van der Waals surface area contributed by atoms with Gasteiger partial charge in [-0.15, -0.1) is 6.42 Å². The van der Waals surface area contributed by atoms with Crippen LogP contribution in [0.2, 0.25) is 0 Å². The Bertz CT molecular complexity index is 852. The van der Waals surface area contributed by atoms with Crippen LogP contribution >= 0.6 is 11.8 Å². The SMILES string of the molecule is C#CCOC(=O)CCCCCCCCC=C[S+]1c2ccccc2Sc2ccccc21. The van der Waals surface area contributed by atoms with Crippen molar-refractivity contribution in [1.29, 1.82) is 0 Å². The maximum atomic E-state index is 11.4. The Balaban J connectivity index is 1.37. The second-order valence-electron chi connectivity index (χ2n) is 7.23. The first-order chi connectivity index (χ1) is 14.8. The first-order valence-electron chi connectivity index (χ1n) is 10.6. The zero-order chi connectivity index (χ0) is 21.0. The van der Waals surface area contributed by atoms with E-state index in [1.54, 1.807) is 0 Å². The van der Waals surface area contributed by atoms with E-state index in [1.165, 1.54) is 45.3 Å². The van der Waals surface area contributed by atoms with Crippen molar-refractivity contribution in [2.24, 2.45) is 0 Å². The maximum Gasteiger partial charge on any atom is 0.306 e. The van der Waals surface area contributed by atoms with Crippen LogP contribution in [0.15, 0.2) is 79.6 Å². The van der Waals surface area contributed by atoms with Gasteiger partial charge < -0.3 is 4.74 Å². The summed E-state index contributed by atoms with van der Waals surface area (Å²) in [6, 6.07) is 17.6. The number of allylic oxidation sites excluding steroid dienone is 1. The zero-order valence-corrected chi connectivity index (χ0v) is 19.0. The van der Waals surface area contributed by atoms with Crippen molar-refractivity contribution in [3.8, 4) is 12.3 Å². The van der Waals surface area contributed by atoms with Crippen molar-refractivity contribution in [3.63, 3.8) is 0 Å². The molecule has 0 spiro atoms. The number of hydrogen-bond acceptors (Lipinski definition) is 3. The van der Waals surface area contributed by atoms with Crippen LogP contribution in [0.4, 0.5) is 0 Å². The Morgan fingerprint density at radius 1 is 0.933 bits per heavy atom. The average Bonchev–Trinajstić information content (AvgIpc) is 2.78. The molecular weight excluding hydrogens is 408 g/mol. The van der Waals surface area contributed by atoms with Crippen LogP contribution in [0.3, 0.4) is 0 Å². The van der Waals surface area contributed by atoms with E-state index in [9.17, 15) is 4.79 Å². The van der Waals surface area contributed by atoms with Crippen molar-refractivity contribution in [2.45, 2.75) is 70.9 Å². The smallest absolute Gasteiger partial charge is 0.306 e. The number of ether oxygens (including phenoxy) is 1. The Morgan fingerprint density at radius 3 is 2.20 bits per heavy atom. The molecule has 156 valence electrons. The maximum absolute atomic E-state index is 11.4. The molecule has 0 unspecified atom stereocenters. The van der Waals surface area contributed by atoms with Gasteiger partial charge in [-0.05, 0) is 49.6 Å². The molecule has 3 rings (SSSR count). The first-order valence-corrected chi connectivity index (χ1v) is 12.7. The summed E-state index contributed by atoms with van der Waals surface area (Å²) < 4.78 is 4.87. The second kappa shape index (κ2) is 12.6. The predicted octanol–water partition coefficient (Wildman–Crippen LogP) is 7.00. The molecule has 0 radical (unpaired) electrons. The highest BCUT2D eigenvalue weighted by Crippen LogP contribution is 2.45. The van der Waals surface area contributed by atoms with Gasteiger partial charge in [0.05, 0.1) is 20.7 Å². The summed E-state index contributed by atoms with van der Waals surface area (Å²) in [5.74, 6) is 2.14. The molecule has 4 heteroatoms. The third kappa shape index (κ3) is 6.72. The number of fused-ring (bicyclic) bond motifs is 2. The van der Waals surface area contributed by atoms with Gasteiger partial charge in [0.2, 0.25) is 0 Å². The third-order valence-electron chi connectivity index (χ3n) is 4.94. The number of hydrogen-bond donors (Lipinski definition) is 0. The van der Waals surface area contributed by atoms with Gasteiger partial charge in [-0.3, -0.25) is 4.79 Å². The van der Waals surface area contributed by atoms with Crippen molar-refractivity contribution in [1.82, 2.24) is 0 Å². The molecule has 2 nitrogen and oxygen atoms in total. The van der Waals surface area contributed by atoms with E-state index in [4.69, 9.17) is 11.2 Å². The van der Waals surface area contributed by atoms with Crippen molar-refractivity contribution in [3.05, 3.63) is 60.0 Å². The molecule has 0 N–H and O–H groups in total. The number of benzene rings is 2. The fraction of sp³-hybridized carbons (Fsp3) is 0.346. The van der Waals surface area contributed by atoms with Gasteiger partial charge in [-0.25, -0.2) is 0 Å². The molecule has 2 aromatic rings. The minimum absolute atomic E-state index is 0.0293. The standard InChI is InChI=1S/C26H29O2S2/c1-2-20-28-26(27)19-9-7-5-3-4-6-8-14-21-30-24-17-12-10-15-22(24)29-23-16-11-13-18-25(23)30/h1,10-18,21H,3-9,19-20H2/q+1. The fourth-order valence-electron chi connectivity index (χ4n) is 3.41. The van der Waals surface area contributed by atoms with E-state index >= 15 is 0 Å². The van der Waals surface area contributed by atoms with Crippen molar-refractivity contribution >= 4 is 28.6 Å². The first kappa shape index (κ1) is 22.6. The molecule has 0 aromatic heterocycles. The summed E-state index contributed by atoms with van der Waals surface area (Å²) in [7, 11) is 0.0293. The average molecular weight is 438 g/mol. The lowest BCUT2D eigenvalue weighted by Gasteiger charge is -2.16.